The Hall–Kier alpha value is -2.70. The van der Waals surface area contributed by atoms with Crippen molar-refractivity contribution in [2.75, 3.05) is 13.6 Å². The number of aromatic nitrogens is 2. The smallest absolute Gasteiger partial charge is 0.225 e. The van der Waals surface area contributed by atoms with Crippen LogP contribution >= 0.6 is 0 Å². The van der Waals surface area contributed by atoms with Gasteiger partial charge >= 0.3 is 0 Å². The third-order valence-corrected chi connectivity index (χ3v) is 5.78. The molecule has 1 aliphatic carbocycles. The van der Waals surface area contributed by atoms with Crippen LogP contribution in [0.4, 0.5) is 4.39 Å². The zero-order valence-electron chi connectivity index (χ0n) is 16.4. The van der Waals surface area contributed by atoms with Crippen molar-refractivity contribution < 1.29 is 14.0 Å². The number of amides is 2. The van der Waals surface area contributed by atoms with Crippen LogP contribution in [0.1, 0.15) is 44.0 Å². The van der Waals surface area contributed by atoms with Crippen molar-refractivity contribution in [3.63, 3.8) is 0 Å². The maximum absolute atomic E-state index is 13.3. The highest BCUT2D eigenvalue weighted by atomic mass is 19.1. The molecule has 7 heteroatoms. The number of rotatable bonds is 3. The Bertz CT molecular complexity index is 919. The summed E-state index contributed by atoms with van der Waals surface area (Å²) in [5.41, 5.74) is 2.81. The predicted octanol–water partition coefficient (Wildman–Crippen LogP) is 2.62. The Morgan fingerprint density at radius 2 is 2.00 bits per heavy atom. The van der Waals surface area contributed by atoms with Gasteiger partial charge < -0.3 is 10.2 Å². The normalized spacial score (nSPS) is 23.6. The van der Waals surface area contributed by atoms with Gasteiger partial charge in [0, 0.05) is 25.6 Å². The van der Waals surface area contributed by atoms with Crippen molar-refractivity contribution in [3.05, 3.63) is 47.5 Å². The highest BCUT2D eigenvalue weighted by Gasteiger charge is 2.38. The molecule has 2 aromatic rings. The monoisotopic (exact) mass is 384 g/mol. The second kappa shape index (κ2) is 6.72. The van der Waals surface area contributed by atoms with Crippen LogP contribution in [0.25, 0.3) is 5.69 Å². The zero-order valence-corrected chi connectivity index (χ0v) is 16.4. The highest BCUT2D eigenvalue weighted by Crippen LogP contribution is 2.41. The lowest BCUT2D eigenvalue weighted by atomic mass is 9.74. The van der Waals surface area contributed by atoms with E-state index in [9.17, 15) is 14.0 Å². The van der Waals surface area contributed by atoms with Crippen molar-refractivity contribution in [1.82, 2.24) is 20.0 Å². The average molecular weight is 384 g/mol. The average Bonchev–Trinajstić information content (AvgIpc) is 3.18. The standard InChI is InChI=1S/C21H25FN4O2/c1-21(2)9-17(24-20(28)13-8-19(27)25(3)12-13)16-11-23-26(18(16)10-21)15-6-4-14(22)5-7-15/h4-7,11,13,17H,8-10,12H2,1-3H3,(H,24,28). The first-order chi connectivity index (χ1) is 13.2. The fourth-order valence-corrected chi connectivity index (χ4v) is 4.30. The molecule has 0 bridgehead atoms. The lowest BCUT2D eigenvalue weighted by molar-refractivity contribution is -0.128. The second-order valence-electron chi connectivity index (χ2n) is 8.72. The van der Waals surface area contributed by atoms with Crippen LogP contribution in [-0.4, -0.2) is 40.1 Å². The largest absolute Gasteiger partial charge is 0.349 e. The van der Waals surface area contributed by atoms with Crippen molar-refractivity contribution in [2.24, 2.45) is 11.3 Å². The minimum absolute atomic E-state index is 0.00828. The van der Waals surface area contributed by atoms with E-state index in [4.69, 9.17) is 0 Å². The fraction of sp³-hybridized carbons (Fsp3) is 0.476. The van der Waals surface area contributed by atoms with E-state index < -0.39 is 0 Å². The molecule has 6 nitrogen and oxygen atoms in total. The van der Waals surface area contributed by atoms with Gasteiger partial charge in [0.25, 0.3) is 0 Å². The number of fused-ring (bicyclic) bond motifs is 1. The third-order valence-electron chi connectivity index (χ3n) is 5.78. The number of benzene rings is 1. The van der Waals surface area contributed by atoms with Crippen LogP contribution in [0, 0.1) is 17.2 Å². The molecule has 2 unspecified atom stereocenters. The zero-order chi connectivity index (χ0) is 20.1. The van der Waals surface area contributed by atoms with Crippen LogP contribution < -0.4 is 5.32 Å². The molecule has 2 atom stereocenters. The summed E-state index contributed by atoms with van der Waals surface area (Å²) in [6.07, 6.45) is 3.68. The van der Waals surface area contributed by atoms with Gasteiger partial charge in [-0.25, -0.2) is 9.07 Å². The van der Waals surface area contributed by atoms with Crippen LogP contribution in [0.5, 0.6) is 0 Å². The molecule has 1 aromatic carbocycles. The van der Waals surface area contributed by atoms with Crippen molar-refractivity contribution >= 4 is 11.8 Å². The highest BCUT2D eigenvalue weighted by molar-refractivity contribution is 5.89. The molecular weight excluding hydrogens is 359 g/mol. The van der Waals surface area contributed by atoms with E-state index in [1.165, 1.54) is 12.1 Å². The third kappa shape index (κ3) is 3.41. The molecule has 0 spiro atoms. The molecule has 0 saturated carbocycles. The predicted molar refractivity (Wildman–Crippen MR) is 102 cm³/mol. The number of carbonyl (C=O) groups excluding carboxylic acids is 2. The van der Waals surface area contributed by atoms with E-state index in [0.29, 0.717) is 6.54 Å². The van der Waals surface area contributed by atoms with Gasteiger partial charge in [0.05, 0.1) is 29.5 Å². The SMILES string of the molecule is CN1CC(C(=O)NC2CC(C)(C)Cc3c2cnn3-c2ccc(F)cc2)CC1=O. The van der Waals surface area contributed by atoms with Gasteiger partial charge in [-0.05, 0) is 42.5 Å². The van der Waals surface area contributed by atoms with Crippen molar-refractivity contribution in [2.45, 2.75) is 39.2 Å². The first-order valence-corrected chi connectivity index (χ1v) is 9.60. The molecule has 1 saturated heterocycles. The Morgan fingerprint density at radius 1 is 1.29 bits per heavy atom. The van der Waals surface area contributed by atoms with Gasteiger partial charge in [-0.2, -0.15) is 5.10 Å². The Kier molecular flexibility index (Phi) is 4.48. The van der Waals surface area contributed by atoms with Crippen LogP contribution in [0.3, 0.4) is 0 Å². The topological polar surface area (TPSA) is 67.2 Å². The van der Waals surface area contributed by atoms with Gasteiger partial charge in [-0.3, -0.25) is 9.59 Å². The molecule has 148 valence electrons. The number of likely N-dealkylation sites (tertiary alicyclic amines) is 1. The lowest BCUT2D eigenvalue weighted by Gasteiger charge is -2.36. The Labute approximate surface area is 163 Å². The summed E-state index contributed by atoms with van der Waals surface area (Å²) in [7, 11) is 1.73. The van der Waals surface area contributed by atoms with E-state index in [-0.39, 0.29) is 41.4 Å². The summed E-state index contributed by atoms with van der Waals surface area (Å²) in [5, 5.41) is 7.68. The number of nitrogens with one attached hydrogen (secondary N) is 1. The van der Waals surface area contributed by atoms with Gasteiger partial charge in [-0.1, -0.05) is 13.8 Å². The van der Waals surface area contributed by atoms with Crippen molar-refractivity contribution in [3.8, 4) is 5.69 Å². The summed E-state index contributed by atoms with van der Waals surface area (Å²) in [6, 6.07) is 6.10. The summed E-state index contributed by atoms with van der Waals surface area (Å²) in [4.78, 5) is 26.2. The minimum Gasteiger partial charge on any atom is -0.349 e. The summed E-state index contributed by atoms with van der Waals surface area (Å²) < 4.78 is 15.1. The first kappa shape index (κ1) is 18.7. The summed E-state index contributed by atoms with van der Waals surface area (Å²) in [5.74, 6) is -0.667. The maximum Gasteiger partial charge on any atom is 0.225 e. The Balaban J connectivity index is 1.61. The molecule has 2 amide bonds. The van der Waals surface area contributed by atoms with E-state index in [2.05, 4.69) is 24.3 Å². The number of nitrogens with zero attached hydrogens (tertiary/aromatic N) is 3. The number of hydrogen-bond donors (Lipinski definition) is 1. The molecule has 28 heavy (non-hydrogen) atoms. The minimum atomic E-state index is -0.307. The van der Waals surface area contributed by atoms with E-state index in [1.54, 1.807) is 30.3 Å². The van der Waals surface area contributed by atoms with Gasteiger partial charge in [0.2, 0.25) is 11.8 Å². The molecule has 0 radical (unpaired) electrons. The maximum atomic E-state index is 13.3. The molecule has 4 rings (SSSR count). The van der Waals surface area contributed by atoms with Crippen LogP contribution in [-0.2, 0) is 16.0 Å². The Morgan fingerprint density at radius 3 is 2.64 bits per heavy atom. The second-order valence-corrected chi connectivity index (χ2v) is 8.72. The summed E-state index contributed by atoms with van der Waals surface area (Å²) in [6.45, 7) is 4.80. The van der Waals surface area contributed by atoms with Crippen LogP contribution in [0.15, 0.2) is 30.5 Å². The van der Waals surface area contributed by atoms with Crippen molar-refractivity contribution in [1.29, 1.82) is 0 Å². The molecule has 2 heterocycles. The molecule has 1 fully saturated rings. The van der Waals surface area contributed by atoms with Crippen LogP contribution in [0.2, 0.25) is 0 Å². The summed E-state index contributed by atoms with van der Waals surface area (Å²) >= 11 is 0. The van der Waals surface area contributed by atoms with Gasteiger partial charge in [0.1, 0.15) is 5.82 Å². The molecule has 2 aliphatic rings. The van der Waals surface area contributed by atoms with E-state index >= 15 is 0 Å². The quantitative estimate of drug-likeness (QED) is 0.885. The molecule has 1 aromatic heterocycles. The van der Waals surface area contributed by atoms with Gasteiger partial charge in [-0.15, -0.1) is 0 Å². The number of carbonyl (C=O) groups is 2. The fourth-order valence-electron chi connectivity index (χ4n) is 4.30. The van der Waals surface area contributed by atoms with E-state index in [1.807, 2.05) is 4.68 Å². The van der Waals surface area contributed by atoms with Gasteiger partial charge in [0.15, 0.2) is 0 Å². The molecular formula is C21H25FN4O2. The van der Waals surface area contributed by atoms with E-state index in [0.717, 1.165) is 29.8 Å². The number of halogens is 1. The molecule has 1 aliphatic heterocycles. The molecule has 1 N–H and O–H groups in total. The lowest BCUT2D eigenvalue weighted by Crippen LogP contribution is -2.40. The first-order valence-electron chi connectivity index (χ1n) is 9.60. The number of hydrogen-bond acceptors (Lipinski definition) is 3.